The van der Waals surface area contributed by atoms with Gasteiger partial charge < -0.3 is 10.6 Å². The first-order chi connectivity index (χ1) is 12.4. The molecular weight excluding hydrogens is 354 g/mol. The predicted molar refractivity (Wildman–Crippen MR) is 99.1 cm³/mol. The normalized spacial score (nSPS) is 19.1. The van der Waals surface area contributed by atoms with Gasteiger partial charge in [0, 0.05) is 25.3 Å². The number of amides is 2. The van der Waals surface area contributed by atoms with E-state index in [9.17, 15) is 18.0 Å². The number of carbonyl (C=O) groups is 2. The summed E-state index contributed by atoms with van der Waals surface area (Å²) in [6.45, 7) is 3.32. The van der Waals surface area contributed by atoms with Crippen molar-refractivity contribution in [3.8, 4) is 0 Å². The second-order valence-electron chi connectivity index (χ2n) is 7.12. The van der Waals surface area contributed by atoms with Gasteiger partial charge in [0.25, 0.3) is 0 Å². The molecular formula is C18H25N3O4S. The van der Waals surface area contributed by atoms with E-state index in [4.69, 9.17) is 0 Å². The molecule has 2 aliphatic rings. The Morgan fingerprint density at radius 3 is 2.23 bits per heavy atom. The number of hydrogen-bond acceptors (Lipinski definition) is 4. The van der Waals surface area contributed by atoms with E-state index in [0.29, 0.717) is 38.2 Å². The molecule has 2 amide bonds. The standard InChI is InChI=1S/C18H25N3O4S/c1-13-2-4-15(5-3-13)20-18(23)17(22)19-12-14-8-10-21(11-9-14)26(24,25)16-6-7-16/h2-5,14,16H,6-12H2,1H3,(H,19,22)(H,20,23). The van der Waals surface area contributed by atoms with Gasteiger partial charge >= 0.3 is 11.8 Å². The molecule has 0 bridgehead atoms. The first kappa shape index (κ1) is 18.8. The van der Waals surface area contributed by atoms with E-state index < -0.39 is 21.8 Å². The Morgan fingerprint density at radius 2 is 1.65 bits per heavy atom. The maximum absolute atomic E-state index is 12.2. The van der Waals surface area contributed by atoms with E-state index in [1.165, 1.54) is 0 Å². The lowest BCUT2D eigenvalue weighted by molar-refractivity contribution is -0.136. The SMILES string of the molecule is Cc1ccc(NC(=O)C(=O)NCC2CCN(S(=O)(=O)C3CC3)CC2)cc1. The van der Waals surface area contributed by atoms with Crippen LogP contribution in [0, 0.1) is 12.8 Å². The van der Waals surface area contributed by atoms with Gasteiger partial charge in [-0.15, -0.1) is 0 Å². The van der Waals surface area contributed by atoms with Crippen LogP contribution >= 0.6 is 0 Å². The maximum atomic E-state index is 12.2. The quantitative estimate of drug-likeness (QED) is 0.753. The van der Waals surface area contributed by atoms with Gasteiger partial charge in [-0.1, -0.05) is 17.7 Å². The first-order valence-corrected chi connectivity index (χ1v) is 10.5. The lowest BCUT2D eigenvalue weighted by Crippen LogP contribution is -2.44. The van der Waals surface area contributed by atoms with Crippen LogP contribution in [0.1, 0.15) is 31.2 Å². The molecule has 7 nitrogen and oxygen atoms in total. The number of aryl methyl sites for hydroxylation is 1. The van der Waals surface area contributed by atoms with Crippen molar-refractivity contribution in [3.05, 3.63) is 29.8 Å². The van der Waals surface area contributed by atoms with Gasteiger partial charge in [-0.3, -0.25) is 9.59 Å². The highest BCUT2D eigenvalue weighted by atomic mass is 32.2. The number of sulfonamides is 1. The molecule has 1 saturated heterocycles. The zero-order valence-electron chi connectivity index (χ0n) is 14.9. The molecule has 0 radical (unpaired) electrons. The van der Waals surface area contributed by atoms with Crippen molar-refractivity contribution in [3.63, 3.8) is 0 Å². The van der Waals surface area contributed by atoms with Crippen LogP contribution in [0.5, 0.6) is 0 Å². The van der Waals surface area contributed by atoms with Crippen molar-refractivity contribution in [1.29, 1.82) is 0 Å². The van der Waals surface area contributed by atoms with Crippen molar-refractivity contribution in [1.82, 2.24) is 9.62 Å². The maximum Gasteiger partial charge on any atom is 0.313 e. The van der Waals surface area contributed by atoms with Crippen LogP contribution in [0.25, 0.3) is 0 Å². The van der Waals surface area contributed by atoms with Crippen molar-refractivity contribution >= 4 is 27.5 Å². The van der Waals surface area contributed by atoms with Gasteiger partial charge in [-0.25, -0.2) is 12.7 Å². The molecule has 2 fully saturated rings. The summed E-state index contributed by atoms with van der Waals surface area (Å²) in [4.78, 5) is 23.9. The highest BCUT2D eigenvalue weighted by molar-refractivity contribution is 7.90. The number of nitrogens with one attached hydrogen (secondary N) is 2. The monoisotopic (exact) mass is 379 g/mol. The van der Waals surface area contributed by atoms with E-state index in [-0.39, 0.29) is 11.2 Å². The summed E-state index contributed by atoms with van der Waals surface area (Å²) >= 11 is 0. The van der Waals surface area contributed by atoms with Crippen LogP contribution in [-0.2, 0) is 19.6 Å². The largest absolute Gasteiger partial charge is 0.348 e. The molecule has 3 rings (SSSR count). The second kappa shape index (κ2) is 7.75. The number of benzene rings is 1. The summed E-state index contributed by atoms with van der Waals surface area (Å²) in [6.07, 6.45) is 2.94. The zero-order valence-corrected chi connectivity index (χ0v) is 15.7. The number of nitrogens with zero attached hydrogens (tertiary/aromatic N) is 1. The Balaban J connectivity index is 1.41. The van der Waals surface area contributed by atoms with Gasteiger partial charge in [0.1, 0.15) is 0 Å². The molecule has 8 heteroatoms. The van der Waals surface area contributed by atoms with Crippen LogP contribution in [0.2, 0.25) is 0 Å². The minimum atomic E-state index is -3.11. The molecule has 1 aromatic rings. The minimum absolute atomic E-state index is 0.177. The van der Waals surface area contributed by atoms with Crippen molar-refractivity contribution in [2.24, 2.45) is 5.92 Å². The third-order valence-electron chi connectivity index (χ3n) is 4.95. The Hall–Kier alpha value is -1.93. The fourth-order valence-electron chi connectivity index (χ4n) is 3.09. The van der Waals surface area contributed by atoms with Crippen molar-refractivity contribution < 1.29 is 18.0 Å². The molecule has 0 aromatic heterocycles. The molecule has 1 aliphatic carbocycles. The number of hydrogen-bond donors (Lipinski definition) is 2. The Kier molecular flexibility index (Phi) is 5.62. The summed E-state index contributed by atoms with van der Waals surface area (Å²) in [5.41, 5.74) is 1.65. The molecule has 1 heterocycles. The summed E-state index contributed by atoms with van der Waals surface area (Å²) < 4.78 is 26.0. The fraction of sp³-hybridized carbons (Fsp3) is 0.556. The molecule has 0 atom stereocenters. The molecule has 1 aliphatic heterocycles. The lowest BCUT2D eigenvalue weighted by Gasteiger charge is -2.31. The third-order valence-corrected chi connectivity index (χ3v) is 7.34. The smallest absolute Gasteiger partial charge is 0.313 e. The summed E-state index contributed by atoms with van der Waals surface area (Å²) in [5.74, 6) is -1.17. The first-order valence-electron chi connectivity index (χ1n) is 9.01. The molecule has 1 saturated carbocycles. The molecule has 0 unspecified atom stereocenters. The number of carbonyl (C=O) groups excluding carboxylic acids is 2. The fourth-order valence-corrected chi connectivity index (χ4v) is 4.96. The predicted octanol–water partition coefficient (Wildman–Crippen LogP) is 1.25. The van der Waals surface area contributed by atoms with Gasteiger partial charge in [0.05, 0.1) is 5.25 Å². The molecule has 142 valence electrons. The lowest BCUT2D eigenvalue weighted by atomic mass is 9.98. The van der Waals surface area contributed by atoms with E-state index in [0.717, 1.165) is 18.4 Å². The second-order valence-corrected chi connectivity index (χ2v) is 9.33. The van der Waals surface area contributed by atoms with Crippen molar-refractivity contribution in [2.75, 3.05) is 25.0 Å². The third kappa shape index (κ3) is 4.62. The van der Waals surface area contributed by atoms with Crippen molar-refractivity contribution in [2.45, 2.75) is 37.9 Å². The summed E-state index contributed by atoms with van der Waals surface area (Å²) in [5, 5.41) is 5.04. The molecule has 0 spiro atoms. The van der Waals surface area contributed by atoms with Crippen LogP contribution in [0.3, 0.4) is 0 Å². The van der Waals surface area contributed by atoms with Crippen LogP contribution < -0.4 is 10.6 Å². The van der Waals surface area contributed by atoms with E-state index in [1.807, 2.05) is 19.1 Å². The zero-order chi connectivity index (χ0) is 18.7. The molecule has 2 N–H and O–H groups in total. The van der Waals surface area contributed by atoms with Gasteiger partial charge in [0.15, 0.2) is 0 Å². The van der Waals surface area contributed by atoms with Crippen LogP contribution in [0.4, 0.5) is 5.69 Å². The van der Waals surface area contributed by atoms with Gasteiger partial charge in [0.2, 0.25) is 10.0 Å². The Labute approximate surface area is 154 Å². The Morgan fingerprint density at radius 1 is 1.04 bits per heavy atom. The molecule has 1 aromatic carbocycles. The summed E-state index contributed by atoms with van der Waals surface area (Å²) in [6, 6.07) is 7.21. The van der Waals surface area contributed by atoms with E-state index in [2.05, 4.69) is 10.6 Å². The summed E-state index contributed by atoms with van der Waals surface area (Å²) in [7, 11) is -3.11. The average molecular weight is 379 g/mol. The Bertz CT molecular complexity index is 764. The molecule has 26 heavy (non-hydrogen) atoms. The highest BCUT2D eigenvalue weighted by Crippen LogP contribution is 2.33. The van der Waals surface area contributed by atoms with Crippen LogP contribution in [0.15, 0.2) is 24.3 Å². The van der Waals surface area contributed by atoms with Gasteiger partial charge in [-0.2, -0.15) is 0 Å². The topological polar surface area (TPSA) is 95.6 Å². The average Bonchev–Trinajstić information content (AvgIpc) is 3.47. The van der Waals surface area contributed by atoms with Gasteiger partial charge in [-0.05, 0) is 50.7 Å². The highest BCUT2D eigenvalue weighted by Gasteiger charge is 2.41. The number of rotatable bonds is 5. The number of piperidine rings is 1. The van der Waals surface area contributed by atoms with E-state index >= 15 is 0 Å². The van der Waals surface area contributed by atoms with E-state index in [1.54, 1.807) is 16.4 Å². The van der Waals surface area contributed by atoms with Crippen LogP contribution in [-0.4, -0.2) is 49.4 Å². The minimum Gasteiger partial charge on any atom is -0.348 e. The number of anilines is 1.